The lowest BCUT2D eigenvalue weighted by molar-refractivity contribution is 0.0763. The number of amides is 1. The number of hydrogen-bond donors (Lipinski definition) is 1. The normalized spacial score (nSPS) is 11.4. The van der Waals surface area contributed by atoms with Crippen LogP contribution in [0.4, 0.5) is 4.39 Å². The van der Waals surface area contributed by atoms with E-state index in [1.165, 1.54) is 0 Å². The predicted octanol–water partition coefficient (Wildman–Crippen LogP) is 2.11. The summed E-state index contributed by atoms with van der Waals surface area (Å²) in [5.41, 5.74) is 0.0747. The third-order valence-corrected chi connectivity index (χ3v) is 4.30. The topological polar surface area (TPSA) is 80.5 Å². The third kappa shape index (κ3) is 3.77. The second-order valence-corrected chi connectivity index (χ2v) is 6.58. The number of nitrogens with two attached hydrogens (primary N) is 1. The van der Waals surface area contributed by atoms with Crippen molar-refractivity contribution in [2.24, 2.45) is 5.14 Å². The Labute approximate surface area is 126 Å². The van der Waals surface area contributed by atoms with Gasteiger partial charge in [0.1, 0.15) is 10.7 Å². The maximum Gasteiger partial charge on any atom is 0.255 e. The van der Waals surface area contributed by atoms with Crippen molar-refractivity contribution < 1.29 is 17.6 Å². The van der Waals surface area contributed by atoms with Crippen LogP contribution in [0.5, 0.6) is 0 Å². The minimum Gasteiger partial charge on any atom is -0.339 e. The summed E-state index contributed by atoms with van der Waals surface area (Å²) in [6, 6.07) is 1.90. The van der Waals surface area contributed by atoms with E-state index < -0.39 is 20.7 Å². The van der Waals surface area contributed by atoms with E-state index in [-0.39, 0.29) is 15.9 Å². The van der Waals surface area contributed by atoms with E-state index in [9.17, 15) is 17.6 Å². The van der Waals surface area contributed by atoms with Crippen LogP contribution in [0, 0.1) is 5.82 Å². The molecular formula is C12H16BrFN2O3S. The van der Waals surface area contributed by atoms with Gasteiger partial charge >= 0.3 is 0 Å². The Morgan fingerprint density at radius 3 is 2.45 bits per heavy atom. The standard InChI is InChI=1S/C12H16BrFN2O3S/c1-3-5-16(4-2)12(17)8-6-11(20(15,18)19)10(14)7-9(8)13/h6-7H,3-5H2,1-2H3,(H2,15,18,19). The molecule has 0 aliphatic carbocycles. The van der Waals surface area contributed by atoms with Crippen LogP contribution in [0.2, 0.25) is 0 Å². The Bertz CT molecular complexity index is 619. The SMILES string of the molecule is CCCN(CC)C(=O)c1cc(S(N)(=O)=O)c(F)cc1Br. The van der Waals surface area contributed by atoms with Crippen LogP contribution in [0.25, 0.3) is 0 Å². The number of carbonyl (C=O) groups is 1. The molecule has 0 radical (unpaired) electrons. The van der Waals surface area contributed by atoms with E-state index in [4.69, 9.17) is 5.14 Å². The lowest BCUT2D eigenvalue weighted by Crippen LogP contribution is -2.32. The summed E-state index contributed by atoms with van der Waals surface area (Å²) in [7, 11) is -4.22. The summed E-state index contributed by atoms with van der Waals surface area (Å²) in [5, 5.41) is 4.94. The van der Waals surface area contributed by atoms with E-state index in [0.717, 1.165) is 18.6 Å². The maximum absolute atomic E-state index is 13.6. The molecule has 2 N–H and O–H groups in total. The van der Waals surface area contributed by atoms with Crippen LogP contribution in [0.15, 0.2) is 21.5 Å². The second-order valence-electron chi connectivity index (χ2n) is 4.19. The van der Waals surface area contributed by atoms with Crippen LogP contribution in [0.3, 0.4) is 0 Å². The summed E-state index contributed by atoms with van der Waals surface area (Å²) in [6.45, 7) is 4.74. The fourth-order valence-electron chi connectivity index (χ4n) is 1.75. The lowest BCUT2D eigenvalue weighted by atomic mass is 10.2. The average Bonchev–Trinajstić information content (AvgIpc) is 2.33. The Kier molecular flexibility index (Phi) is 5.67. The highest BCUT2D eigenvalue weighted by Crippen LogP contribution is 2.25. The molecule has 0 aromatic heterocycles. The maximum atomic E-state index is 13.6. The first-order chi connectivity index (χ1) is 9.22. The zero-order valence-electron chi connectivity index (χ0n) is 11.2. The van der Waals surface area contributed by atoms with Crippen molar-refractivity contribution in [2.45, 2.75) is 25.2 Å². The molecule has 0 atom stereocenters. The van der Waals surface area contributed by atoms with Gasteiger partial charge in [-0.2, -0.15) is 0 Å². The molecule has 0 unspecified atom stereocenters. The Morgan fingerprint density at radius 1 is 1.40 bits per heavy atom. The monoisotopic (exact) mass is 366 g/mol. The zero-order chi connectivity index (χ0) is 15.5. The summed E-state index contributed by atoms with van der Waals surface area (Å²) < 4.78 is 36.4. The van der Waals surface area contributed by atoms with E-state index in [0.29, 0.717) is 13.1 Å². The summed E-state index contributed by atoms with van der Waals surface area (Å²) in [4.78, 5) is 13.2. The van der Waals surface area contributed by atoms with Crippen molar-refractivity contribution >= 4 is 31.9 Å². The molecule has 1 rings (SSSR count). The van der Waals surface area contributed by atoms with E-state index in [2.05, 4.69) is 15.9 Å². The molecular weight excluding hydrogens is 351 g/mol. The number of rotatable bonds is 5. The number of sulfonamides is 1. The summed E-state index contributed by atoms with van der Waals surface area (Å²) >= 11 is 3.07. The zero-order valence-corrected chi connectivity index (χ0v) is 13.6. The van der Waals surface area contributed by atoms with Gasteiger partial charge in [-0.25, -0.2) is 17.9 Å². The fourth-order valence-corrected chi connectivity index (χ4v) is 2.85. The van der Waals surface area contributed by atoms with Crippen molar-refractivity contribution in [2.75, 3.05) is 13.1 Å². The van der Waals surface area contributed by atoms with Gasteiger partial charge in [-0.1, -0.05) is 6.92 Å². The van der Waals surface area contributed by atoms with Gasteiger partial charge in [-0.05, 0) is 41.4 Å². The number of primary sulfonamides is 1. The second kappa shape index (κ2) is 6.64. The number of benzene rings is 1. The molecule has 5 nitrogen and oxygen atoms in total. The quantitative estimate of drug-likeness (QED) is 0.866. The fraction of sp³-hybridized carbons (Fsp3) is 0.417. The summed E-state index contributed by atoms with van der Waals surface area (Å²) in [6.07, 6.45) is 0.764. The molecule has 1 amide bonds. The van der Waals surface area contributed by atoms with Crippen molar-refractivity contribution in [3.05, 3.63) is 28.0 Å². The van der Waals surface area contributed by atoms with Crippen molar-refractivity contribution in [1.29, 1.82) is 0 Å². The lowest BCUT2D eigenvalue weighted by Gasteiger charge is -2.21. The molecule has 1 aromatic carbocycles. The minimum atomic E-state index is -4.22. The minimum absolute atomic E-state index is 0.0747. The van der Waals surface area contributed by atoms with Gasteiger partial charge in [0.25, 0.3) is 5.91 Å². The predicted molar refractivity (Wildman–Crippen MR) is 77.3 cm³/mol. The van der Waals surface area contributed by atoms with E-state index in [1.54, 1.807) is 4.90 Å². The first-order valence-electron chi connectivity index (χ1n) is 6.03. The molecule has 0 saturated heterocycles. The van der Waals surface area contributed by atoms with E-state index >= 15 is 0 Å². The van der Waals surface area contributed by atoms with Gasteiger partial charge in [0.2, 0.25) is 10.0 Å². The number of halogens is 2. The highest BCUT2D eigenvalue weighted by atomic mass is 79.9. The molecule has 0 bridgehead atoms. The Morgan fingerprint density at radius 2 is 2.00 bits per heavy atom. The van der Waals surface area contributed by atoms with Gasteiger partial charge in [0.05, 0.1) is 5.56 Å². The average molecular weight is 367 g/mol. The van der Waals surface area contributed by atoms with Crippen LogP contribution in [-0.4, -0.2) is 32.3 Å². The summed E-state index contributed by atoms with van der Waals surface area (Å²) in [5.74, 6) is -1.36. The molecule has 1 aromatic rings. The highest BCUT2D eigenvalue weighted by Gasteiger charge is 2.22. The molecule has 0 aliphatic rings. The first kappa shape index (κ1) is 17.1. The molecule has 0 fully saturated rings. The van der Waals surface area contributed by atoms with Gasteiger partial charge < -0.3 is 4.90 Å². The van der Waals surface area contributed by atoms with Crippen molar-refractivity contribution in [1.82, 2.24) is 4.90 Å². The highest BCUT2D eigenvalue weighted by molar-refractivity contribution is 9.10. The number of carbonyl (C=O) groups excluding carboxylic acids is 1. The van der Waals surface area contributed by atoms with Crippen molar-refractivity contribution in [3.8, 4) is 0 Å². The Balaban J connectivity index is 3.35. The largest absolute Gasteiger partial charge is 0.339 e. The molecule has 0 spiro atoms. The van der Waals surface area contributed by atoms with Gasteiger partial charge in [-0.3, -0.25) is 4.79 Å². The molecule has 20 heavy (non-hydrogen) atoms. The van der Waals surface area contributed by atoms with Gasteiger partial charge in [0.15, 0.2) is 0 Å². The van der Waals surface area contributed by atoms with Gasteiger partial charge in [0, 0.05) is 17.6 Å². The third-order valence-electron chi connectivity index (χ3n) is 2.72. The molecule has 112 valence electrons. The first-order valence-corrected chi connectivity index (χ1v) is 8.37. The van der Waals surface area contributed by atoms with Crippen LogP contribution in [0.1, 0.15) is 30.6 Å². The Hall–Kier alpha value is -0.990. The van der Waals surface area contributed by atoms with Crippen LogP contribution in [-0.2, 0) is 10.0 Å². The number of nitrogens with zero attached hydrogens (tertiary/aromatic N) is 1. The van der Waals surface area contributed by atoms with Crippen LogP contribution >= 0.6 is 15.9 Å². The molecule has 8 heteroatoms. The molecule has 0 heterocycles. The van der Waals surface area contributed by atoms with Crippen molar-refractivity contribution in [3.63, 3.8) is 0 Å². The smallest absolute Gasteiger partial charge is 0.255 e. The number of hydrogen-bond acceptors (Lipinski definition) is 3. The van der Waals surface area contributed by atoms with Crippen LogP contribution < -0.4 is 5.14 Å². The van der Waals surface area contributed by atoms with Gasteiger partial charge in [-0.15, -0.1) is 0 Å². The molecule has 0 saturated carbocycles. The molecule has 0 aliphatic heterocycles. The van der Waals surface area contributed by atoms with E-state index in [1.807, 2.05) is 13.8 Å².